The van der Waals surface area contributed by atoms with Crippen molar-refractivity contribution in [2.45, 2.75) is 33.2 Å². The molecule has 3 aromatic rings. The summed E-state index contributed by atoms with van der Waals surface area (Å²) in [4.78, 5) is 12.0. The van der Waals surface area contributed by atoms with Crippen molar-refractivity contribution in [1.82, 2.24) is 5.43 Å². The third kappa shape index (κ3) is 2.99. The monoisotopic (exact) mass is 394 g/mol. The molecule has 0 saturated heterocycles. The molecule has 0 spiro atoms. The number of fused-ring (bicyclic) bond motifs is 1. The summed E-state index contributed by atoms with van der Waals surface area (Å²) in [5.74, 6) is 0.531. The minimum Gasteiger partial charge on any atom is -0.506 e. The molecule has 0 aliphatic carbocycles. The van der Waals surface area contributed by atoms with Gasteiger partial charge in [-0.3, -0.25) is 0 Å². The number of hydrazone groups is 1. The molecule has 7 nitrogen and oxygen atoms in total. The number of nitrogens with one attached hydrogen (secondary N) is 1. The molecule has 2 aromatic carbocycles. The number of phenols is 2. The number of hydrogen-bond acceptors (Lipinski definition) is 7. The van der Waals surface area contributed by atoms with Gasteiger partial charge in [0.2, 0.25) is 0 Å². The molecule has 7 heteroatoms. The van der Waals surface area contributed by atoms with Crippen molar-refractivity contribution < 1.29 is 19.4 Å². The molecule has 2 heterocycles. The van der Waals surface area contributed by atoms with Crippen molar-refractivity contribution in [3.8, 4) is 17.2 Å². The highest BCUT2D eigenvalue weighted by Gasteiger charge is 2.27. The molecule has 1 aliphatic rings. The summed E-state index contributed by atoms with van der Waals surface area (Å²) in [6.07, 6.45) is 0.544. The topological polar surface area (TPSA) is 104 Å². The van der Waals surface area contributed by atoms with Crippen molar-refractivity contribution in [3.05, 3.63) is 62.5 Å². The highest BCUT2D eigenvalue weighted by molar-refractivity contribution is 6.09. The van der Waals surface area contributed by atoms with E-state index in [0.29, 0.717) is 45.5 Å². The molecule has 150 valence electrons. The molecule has 29 heavy (non-hydrogen) atoms. The van der Waals surface area contributed by atoms with E-state index in [1.807, 2.05) is 13.0 Å². The molecule has 3 N–H and O–H groups in total. The van der Waals surface area contributed by atoms with Crippen LogP contribution < -0.4 is 15.8 Å². The van der Waals surface area contributed by atoms with Crippen LogP contribution in [0.3, 0.4) is 0 Å². The van der Waals surface area contributed by atoms with Crippen molar-refractivity contribution in [2.24, 2.45) is 5.10 Å². The summed E-state index contributed by atoms with van der Waals surface area (Å²) in [6, 6.07) is 6.80. The summed E-state index contributed by atoms with van der Waals surface area (Å²) >= 11 is 0. The predicted molar refractivity (Wildman–Crippen MR) is 110 cm³/mol. The molecule has 1 aromatic heterocycles. The molecule has 0 unspecified atom stereocenters. The van der Waals surface area contributed by atoms with Crippen LogP contribution >= 0.6 is 0 Å². The highest BCUT2D eigenvalue weighted by Crippen LogP contribution is 2.38. The smallest absolute Gasteiger partial charge is 0.339 e. The van der Waals surface area contributed by atoms with E-state index < -0.39 is 5.63 Å². The number of nitrogens with zero attached hydrogens (tertiary/aromatic N) is 1. The number of aromatic hydroxyl groups is 2. The predicted octanol–water partition coefficient (Wildman–Crippen LogP) is 3.58. The van der Waals surface area contributed by atoms with Gasteiger partial charge in [0.05, 0.1) is 24.2 Å². The second-order valence-corrected chi connectivity index (χ2v) is 7.31. The minimum atomic E-state index is -0.400. The molecular formula is C22H22N2O5. The van der Waals surface area contributed by atoms with E-state index in [1.54, 1.807) is 32.0 Å². The first-order valence-corrected chi connectivity index (χ1v) is 9.27. The standard InChI is InChI=1S/C22H22N2O5/c1-10-7-18-20(11(2)12(3)22(27)29-18)21(26)19(10)15-9-14(23-24-15)13-5-6-16(25)17(8-13)28-4/h5-8,14,23,25-26H,9H2,1-4H3/t14-/m0/s1. The Labute approximate surface area is 167 Å². The first-order valence-electron chi connectivity index (χ1n) is 9.27. The van der Waals surface area contributed by atoms with E-state index in [2.05, 4.69) is 10.5 Å². The lowest BCUT2D eigenvalue weighted by atomic mass is 9.93. The van der Waals surface area contributed by atoms with Gasteiger partial charge in [-0.1, -0.05) is 6.07 Å². The lowest BCUT2D eigenvalue weighted by molar-refractivity contribution is 0.372. The summed E-state index contributed by atoms with van der Waals surface area (Å²) in [7, 11) is 1.50. The van der Waals surface area contributed by atoms with Crippen LogP contribution in [0.15, 0.2) is 38.6 Å². The molecule has 1 aliphatic heterocycles. The number of methoxy groups -OCH3 is 1. The van der Waals surface area contributed by atoms with Crippen LogP contribution in [0.5, 0.6) is 17.2 Å². The Bertz CT molecular complexity index is 1230. The van der Waals surface area contributed by atoms with Gasteiger partial charge in [-0.2, -0.15) is 5.10 Å². The first kappa shape index (κ1) is 18.9. The fourth-order valence-corrected chi connectivity index (χ4v) is 3.80. The van der Waals surface area contributed by atoms with Gasteiger partial charge in [-0.05, 0) is 55.7 Å². The zero-order valence-corrected chi connectivity index (χ0v) is 16.7. The number of hydrogen-bond donors (Lipinski definition) is 3. The summed E-state index contributed by atoms with van der Waals surface area (Å²) in [6.45, 7) is 5.33. The van der Waals surface area contributed by atoms with E-state index in [4.69, 9.17) is 9.15 Å². The maximum atomic E-state index is 12.0. The van der Waals surface area contributed by atoms with Gasteiger partial charge in [0.15, 0.2) is 11.5 Å². The Kier molecular flexibility index (Phi) is 4.45. The SMILES string of the molecule is COc1cc([C@@H]2CC(c3c(C)cc4oc(=O)c(C)c(C)c4c3O)=NN2)ccc1O. The van der Waals surface area contributed by atoms with Crippen LogP contribution in [-0.2, 0) is 0 Å². The summed E-state index contributed by atoms with van der Waals surface area (Å²) in [5.41, 5.74) is 7.26. The third-order valence-electron chi connectivity index (χ3n) is 5.56. The Hall–Kier alpha value is -3.48. The van der Waals surface area contributed by atoms with Gasteiger partial charge in [0, 0.05) is 17.5 Å². The molecule has 4 rings (SSSR count). The van der Waals surface area contributed by atoms with Crippen molar-refractivity contribution >= 4 is 16.7 Å². The Morgan fingerprint density at radius 1 is 1.17 bits per heavy atom. The molecule has 0 fully saturated rings. The van der Waals surface area contributed by atoms with E-state index in [-0.39, 0.29) is 17.5 Å². The molecule has 0 amide bonds. The fourth-order valence-electron chi connectivity index (χ4n) is 3.80. The van der Waals surface area contributed by atoms with Crippen LogP contribution in [0, 0.1) is 20.8 Å². The van der Waals surface area contributed by atoms with Gasteiger partial charge in [-0.25, -0.2) is 4.79 Å². The lowest BCUT2D eigenvalue weighted by Gasteiger charge is -2.14. The van der Waals surface area contributed by atoms with Crippen molar-refractivity contribution in [1.29, 1.82) is 0 Å². The van der Waals surface area contributed by atoms with Gasteiger partial charge >= 0.3 is 5.63 Å². The van der Waals surface area contributed by atoms with Crippen LogP contribution in [0.2, 0.25) is 0 Å². The van der Waals surface area contributed by atoms with Gasteiger partial charge in [0.1, 0.15) is 11.3 Å². The fraction of sp³-hybridized carbons (Fsp3) is 0.273. The van der Waals surface area contributed by atoms with Crippen LogP contribution in [0.25, 0.3) is 11.0 Å². The van der Waals surface area contributed by atoms with E-state index in [9.17, 15) is 15.0 Å². The van der Waals surface area contributed by atoms with Crippen molar-refractivity contribution in [3.63, 3.8) is 0 Å². The second kappa shape index (κ2) is 6.84. The Balaban J connectivity index is 1.75. The Morgan fingerprint density at radius 3 is 2.66 bits per heavy atom. The van der Waals surface area contributed by atoms with E-state index in [1.165, 1.54) is 7.11 Å². The molecule has 0 radical (unpaired) electrons. The van der Waals surface area contributed by atoms with E-state index in [0.717, 1.165) is 11.1 Å². The minimum absolute atomic E-state index is 0.0637. The maximum Gasteiger partial charge on any atom is 0.339 e. The highest BCUT2D eigenvalue weighted by atomic mass is 16.5. The zero-order valence-electron chi connectivity index (χ0n) is 16.7. The molecule has 0 saturated carbocycles. The number of aryl methyl sites for hydroxylation is 2. The van der Waals surface area contributed by atoms with Gasteiger partial charge in [0.25, 0.3) is 0 Å². The summed E-state index contributed by atoms with van der Waals surface area (Å²) < 4.78 is 10.6. The normalized spacial score (nSPS) is 16.0. The van der Waals surface area contributed by atoms with Gasteiger partial charge in [-0.15, -0.1) is 0 Å². The largest absolute Gasteiger partial charge is 0.506 e. The lowest BCUT2D eigenvalue weighted by Crippen LogP contribution is -2.10. The average Bonchev–Trinajstić information content (AvgIpc) is 3.16. The van der Waals surface area contributed by atoms with Crippen molar-refractivity contribution in [2.75, 3.05) is 7.11 Å². The van der Waals surface area contributed by atoms with Crippen LogP contribution in [0.1, 0.15) is 40.3 Å². The molecule has 0 bridgehead atoms. The molecule has 1 atom stereocenters. The second-order valence-electron chi connectivity index (χ2n) is 7.31. The summed E-state index contributed by atoms with van der Waals surface area (Å²) in [5, 5.41) is 25.8. The Morgan fingerprint density at radius 2 is 1.93 bits per heavy atom. The average molecular weight is 394 g/mol. The quantitative estimate of drug-likeness (QED) is 0.587. The van der Waals surface area contributed by atoms with Gasteiger partial charge < -0.3 is 24.8 Å². The number of benzene rings is 2. The number of phenolic OH excluding ortho intramolecular Hbond substituents is 2. The molecular weight excluding hydrogens is 372 g/mol. The van der Waals surface area contributed by atoms with Crippen LogP contribution in [-0.4, -0.2) is 23.0 Å². The first-order chi connectivity index (χ1) is 13.8. The zero-order chi connectivity index (χ0) is 20.9. The number of ether oxygens (including phenoxy) is 1. The van der Waals surface area contributed by atoms with Crippen LogP contribution in [0.4, 0.5) is 0 Å². The number of rotatable bonds is 3. The maximum absolute atomic E-state index is 12.0. The third-order valence-corrected chi connectivity index (χ3v) is 5.56. The van der Waals surface area contributed by atoms with E-state index >= 15 is 0 Å².